The summed E-state index contributed by atoms with van der Waals surface area (Å²) in [6.07, 6.45) is 0.595. The molecule has 3 aromatic rings. The Kier molecular flexibility index (Phi) is 3.25. The molecule has 1 N–H and O–H groups in total. The minimum Gasteiger partial charge on any atom is -0.358 e. The van der Waals surface area contributed by atoms with Crippen LogP contribution < -0.4 is 0 Å². The molecule has 0 saturated carbocycles. The summed E-state index contributed by atoms with van der Waals surface area (Å²) in [4.78, 5) is 3.51. The second-order valence-electron chi connectivity index (χ2n) is 5.67. The van der Waals surface area contributed by atoms with Crippen LogP contribution in [0.2, 0.25) is 0 Å². The first kappa shape index (κ1) is 14.4. The number of hydrogen-bond donors (Lipinski definition) is 1. The lowest BCUT2D eigenvalue weighted by atomic mass is 10.1. The average Bonchev–Trinajstić information content (AvgIpc) is 2.92. The molecule has 0 unspecified atom stereocenters. The van der Waals surface area contributed by atoms with Gasteiger partial charge >= 0.3 is 0 Å². The van der Waals surface area contributed by atoms with Crippen molar-refractivity contribution in [1.82, 2.24) is 9.29 Å². The van der Waals surface area contributed by atoms with Crippen LogP contribution in [-0.2, 0) is 23.0 Å². The van der Waals surface area contributed by atoms with E-state index in [1.165, 1.54) is 16.4 Å². The highest BCUT2D eigenvalue weighted by Crippen LogP contribution is 2.30. The predicted octanol–water partition coefficient (Wildman–Crippen LogP) is 3.05. The Morgan fingerprint density at radius 2 is 1.87 bits per heavy atom. The van der Waals surface area contributed by atoms with Gasteiger partial charge in [-0.3, -0.25) is 0 Å². The van der Waals surface area contributed by atoms with Gasteiger partial charge in [-0.25, -0.2) is 12.8 Å². The van der Waals surface area contributed by atoms with E-state index < -0.39 is 10.0 Å². The van der Waals surface area contributed by atoms with Crippen LogP contribution in [0.4, 0.5) is 4.39 Å². The largest absolute Gasteiger partial charge is 0.358 e. The van der Waals surface area contributed by atoms with Crippen molar-refractivity contribution in [2.45, 2.75) is 17.9 Å². The van der Waals surface area contributed by atoms with E-state index in [0.29, 0.717) is 29.9 Å². The summed E-state index contributed by atoms with van der Waals surface area (Å²) in [5.74, 6) is -0.301. The Morgan fingerprint density at radius 3 is 2.65 bits per heavy atom. The van der Waals surface area contributed by atoms with Crippen molar-refractivity contribution < 1.29 is 12.8 Å². The average molecular weight is 330 g/mol. The van der Waals surface area contributed by atoms with E-state index in [-0.39, 0.29) is 5.82 Å². The lowest BCUT2D eigenvalue weighted by Crippen LogP contribution is -2.35. The van der Waals surface area contributed by atoms with Gasteiger partial charge in [0.15, 0.2) is 0 Å². The Hall–Kier alpha value is -2.18. The van der Waals surface area contributed by atoms with Gasteiger partial charge in [0, 0.05) is 36.1 Å². The molecule has 4 rings (SSSR count). The Labute approximate surface area is 133 Å². The van der Waals surface area contributed by atoms with Gasteiger partial charge in [-0.15, -0.1) is 0 Å². The Bertz CT molecular complexity index is 981. The predicted molar refractivity (Wildman–Crippen MR) is 86.0 cm³/mol. The van der Waals surface area contributed by atoms with Gasteiger partial charge in [-0.2, -0.15) is 4.31 Å². The number of sulfonamides is 1. The van der Waals surface area contributed by atoms with E-state index in [9.17, 15) is 12.8 Å². The fourth-order valence-electron chi connectivity index (χ4n) is 3.12. The first-order valence-electron chi connectivity index (χ1n) is 7.40. The summed E-state index contributed by atoms with van der Waals surface area (Å²) < 4.78 is 40.4. The van der Waals surface area contributed by atoms with E-state index in [4.69, 9.17) is 0 Å². The fraction of sp³-hybridized carbons (Fsp3) is 0.176. The molecule has 0 atom stereocenters. The van der Waals surface area contributed by atoms with Crippen LogP contribution in [0.25, 0.3) is 10.9 Å². The van der Waals surface area contributed by atoms with Crippen molar-refractivity contribution in [3.63, 3.8) is 0 Å². The van der Waals surface area contributed by atoms with Crippen LogP contribution in [0.5, 0.6) is 0 Å². The Morgan fingerprint density at radius 1 is 1.09 bits per heavy atom. The number of aromatic amines is 1. The van der Waals surface area contributed by atoms with Crippen molar-refractivity contribution in [3.05, 3.63) is 65.6 Å². The smallest absolute Gasteiger partial charge is 0.243 e. The van der Waals surface area contributed by atoms with E-state index >= 15 is 0 Å². The summed E-state index contributed by atoms with van der Waals surface area (Å²) in [7, 11) is -3.51. The highest BCUT2D eigenvalue weighted by Gasteiger charge is 2.30. The van der Waals surface area contributed by atoms with Crippen LogP contribution >= 0.6 is 0 Å². The van der Waals surface area contributed by atoms with Gasteiger partial charge in [0.1, 0.15) is 5.82 Å². The van der Waals surface area contributed by atoms with Crippen LogP contribution in [0, 0.1) is 5.82 Å². The minimum absolute atomic E-state index is 0.300. The number of benzene rings is 2. The Balaban J connectivity index is 1.75. The van der Waals surface area contributed by atoms with Gasteiger partial charge < -0.3 is 4.98 Å². The van der Waals surface area contributed by atoms with Crippen LogP contribution in [0.3, 0.4) is 0 Å². The monoisotopic (exact) mass is 330 g/mol. The van der Waals surface area contributed by atoms with Crippen molar-refractivity contribution in [1.29, 1.82) is 0 Å². The molecule has 1 aliphatic rings. The van der Waals surface area contributed by atoms with Gasteiger partial charge in [0.2, 0.25) is 10.0 Å². The first-order chi connectivity index (χ1) is 11.1. The topological polar surface area (TPSA) is 53.2 Å². The molecule has 118 valence electrons. The SMILES string of the molecule is O=S(=O)(c1ccccc1)N1CCc2[nH]c3cc(F)ccc3c2C1. The highest BCUT2D eigenvalue weighted by atomic mass is 32.2. The molecule has 0 aliphatic carbocycles. The number of hydrogen-bond acceptors (Lipinski definition) is 2. The number of rotatable bonds is 2. The van der Waals surface area contributed by atoms with E-state index in [2.05, 4.69) is 4.98 Å². The molecule has 0 amide bonds. The van der Waals surface area contributed by atoms with E-state index in [1.54, 1.807) is 36.4 Å². The quantitative estimate of drug-likeness (QED) is 0.785. The zero-order chi connectivity index (χ0) is 16.0. The second-order valence-corrected chi connectivity index (χ2v) is 7.61. The zero-order valence-electron chi connectivity index (χ0n) is 12.3. The molecule has 0 radical (unpaired) electrons. The number of nitrogens with one attached hydrogen (secondary N) is 1. The van der Waals surface area contributed by atoms with Crippen molar-refractivity contribution in [2.75, 3.05) is 6.54 Å². The maximum Gasteiger partial charge on any atom is 0.243 e. The molecule has 2 aromatic carbocycles. The van der Waals surface area contributed by atoms with E-state index in [1.807, 2.05) is 0 Å². The standard InChI is InChI=1S/C17H15FN2O2S/c18-12-6-7-14-15-11-20(9-8-16(15)19-17(14)10-12)23(21,22)13-4-2-1-3-5-13/h1-7,10,19H,8-9,11H2. The molecule has 0 spiro atoms. The molecule has 4 nitrogen and oxygen atoms in total. The number of nitrogens with zero attached hydrogens (tertiary/aromatic N) is 1. The first-order valence-corrected chi connectivity index (χ1v) is 8.84. The molecule has 2 heterocycles. The van der Waals surface area contributed by atoms with Crippen molar-refractivity contribution >= 4 is 20.9 Å². The molecule has 1 aliphatic heterocycles. The van der Waals surface area contributed by atoms with Crippen LogP contribution in [-0.4, -0.2) is 24.3 Å². The van der Waals surface area contributed by atoms with Crippen molar-refractivity contribution in [3.8, 4) is 0 Å². The number of H-pyrrole nitrogens is 1. The number of halogens is 1. The zero-order valence-corrected chi connectivity index (χ0v) is 13.1. The molecular weight excluding hydrogens is 315 g/mol. The molecule has 0 saturated heterocycles. The fourth-order valence-corrected chi connectivity index (χ4v) is 4.55. The summed E-state index contributed by atoms with van der Waals surface area (Å²) in [6.45, 7) is 0.720. The maximum atomic E-state index is 13.4. The summed E-state index contributed by atoms with van der Waals surface area (Å²) in [5.41, 5.74) is 2.64. The molecule has 23 heavy (non-hydrogen) atoms. The molecule has 0 fully saturated rings. The third-order valence-corrected chi connectivity index (χ3v) is 6.14. The summed E-state index contributed by atoms with van der Waals surface area (Å²) in [5, 5.41) is 0.884. The summed E-state index contributed by atoms with van der Waals surface area (Å²) >= 11 is 0. The highest BCUT2D eigenvalue weighted by molar-refractivity contribution is 7.89. The maximum absolute atomic E-state index is 13.4. The summed E-state index contributed by atoms with van der Waals surface area (Å²) in [6, 6.07) is 13.0. The molecule has 0 bridgehead atoms. The molecular formula is C17H15FN2O2S. The van der Waals surface area contributed by atoms with E-state index in [0.717, 1.165) is 16.6 Å². The minimum atomic E-state index is -3.51. The number of aromatic nitrogens is 1. The number of fused-ring (bicyclic) bond motifs is 3. The van der Waals surface area contributed by atoms with Gasteiger partial charge in [-0.1, -0.05) is 18.2 Å². The third kappa shape index (κ3) is 2.34. The lowest BCUT2D eigenvalue weighted by Gasteiger charge is -2.26. The van der Waals surface area contributed by atoms with Crippen LogP contribution in [0.1, 0.15) is 11.3 Å². The van der Waals surface area contributed by atoms with Crippen LogP contribution in [0.15, 0.2) is 53.4 Å². The molecule has 1 aromatic heterocycles. The second kappa shape index (κ2) is 5.18. The van der Waals surface area contributed by atoms with Gasteiger partial charge in [0.05, 0.1) is 4.90 Å². The lowest BCUT2D eigenvalue weighted by molar-refractivity contribution is 0.391. The van der Waals surface area contributed by atoms with Gasteiger partial charge in [0.25, 0.3) is 0 Å². The van der Waals surface area contributed by atoms with Gasteiger partial charge in [-0.05, 0) is 35.9 Å². The third-order valence-electron chi connectivity index (χ3n) is 4.28. The molecule has 6 heteroatoms. The normalized spacial score (nSPS) is 15.7. The van der Waals surface area contributed by atoms with Crippen molar-refractivity contribution in [2.24, 2.45) is 0 Å².